The molecule has 2 aromatic heterocycles. The Morgan fingerprint density at radius 2 is 2.11 bits per heavy atom. The summed E-state index contributed by atoms with van der Waals surface area (Å²) in [6.07, 6.45) is 4.70. The van der Waals surface area contributed by atoms with Crippen LogP contribution >= 0.6 is 0 Å². The molecule has 0 aliphatic carbocycles. The number of amides is 1. The van der Waals surface area contributed by atoms with E-state index in [1.807, 2.05) is 12.1 Å². The molecule has 0 bridgehead atoms. The third kappa shape index (κ3) is 3.85. The van der Waals surface area contributed by atoms with Gasteiger partial charge in [-0.15, -0.1) is 0 Å². The minimum Gasteiger partial charge on any atom is -0.467 e. The number of hydrogen-bond acceptors (Lipinski definition) is 5. The largest absolute Gasteiger partial charge is 0.467 e. The molecule has 3 heterocycles. The highest BCUT2D eigenvalue weighted by atomic mass is 32.2. The highest BCUT2D eigenvalue weighted by Crippen LogP contribution is 2.26. The third-order valence-electron chi connectivity index (χ3n) is 5.34. The maximum Gasteiger partial charge on any atom is 0.227 e. The van der Waals surface area contributed by atoms with E-state index in [9.17, 15) is 13.2 Å². The van der Waals surface area contributed by atoms with Gasteiger partial charge in [0.25, 0.3) is 0 Å². The first-order chi connectivity index (χ1) is 13.4. The van der Waals surface area contributed by atoms with Crippen LogP contribution in [0.5, 0.6) is 0 Å². The van der Waals surface area contributed by atoms with Gasteiger partial charge in [-0.2, -0.15) is 0 Å². The van der Waals surface area contributed by atoms with Crippen LogP contribution in [0, 0.1) is 0 Å². The maximum atomic E-state index is 13.2. The zero-order chi connectivity index (χ0) is 19.7. The normalized spacial score (nSPS) is 18.5. The van der Waals surface area contributed by atoms with E-state index in [-0.39, 0.29) is 36.4 Å². The first-order valence-electron chi connectivity index (χ1n) is 9.46. The second-order valence-corrected chi connectivity index (χ2v) is 9.51. The Hall–Kier alpha value is -2.54. The van der Waals surface area contributed by atoms with Crippen LogP contribution in [0.1, 0.15) is 30.2 Å². The predicted octanol–water partition coefficient (Wildman–Crippen LogP) is 3.35. The summed E-state index contributed by atoms with van der Waals surface area (Å²) in [5, 5.41) is 0.935. The predicted molar refractivity (Wildman–Crippen MR) is 106 cm³/mol. The van der Waals surface area contributed by atoms with E-state index in [2.05, 4.69) is 13.0 Å². The highest BCUT2D eigenvalue weighted by molar-refractivity contribution is 7.91. The first kappa shape index (κ1) is 18.8. The maximum absolute atomic E-state index is 13.2. The van der Waals surface area contributed by atoms with E-state index in [1.165, 1.54) is 5.56 Å². The Morgan fingerprint density at radius 3 is 2.79 bits per heavy atom. The van der Waals surface area contributed by atoms with Crippen molar-refractivity contribution in [3.8, 4) is 0 Å². The van der Waals surface area contributed by atoms with Crippen LogP contribution in [0.2, 0.25) is 0 Å². The molecule has 1 saturated heterocycles. The lowest BCUT2D eigenvalue weighted by Crippen LogP contribution is -2.41. The molecule has 4 rings (SSSR count). The van der Waals surface area contributed by atoms with Gasteiger partial charge in [0, 0.05) is 17.0 Å². The lowest BCUT2D eigenvalue weighted by molar-refractivity contribution is -0.133. The summed E-state index contributed by atoms with van der Waals surface area (Å²) in [6, 6.07) is 9.23. The number of aryl methyl sites for hydroxylation is 1. The minimum absolute atomic E-state index is 0.00552. The molecule has 0 radical (unpaired) electrons. The van der Waals surface area contributed by atoms with E-state index in [0.717, 1.165) is 23.0 Å². The van der Waals surface area contributed by atoms with Crippen LogP contribution in [0.15, 0.2) is 51.7 Å². The van der Waals surface area contributed by atoms with Crippen LogP contribution < -0.4 is 0 Å². The van der Waals surface area contributed by atoms with Crippen LogP contribution in [-0.2, 0) is 34.0 Å². The molecule has 1 unspecified atom stereocenters. The van der Waals surface area contributed by atoms with Crippen molar-refractivity contribution in [1.82, 2.24) is 4.90 Å². The van der Waals surface area contributed by atoms with Crippen LogP contribution in [0.25, 0.3) is 11.0 Å². The Labute approximate surface area is 164 Å². The zero-order valence-corrected chi connectivity index (χ0v) is 16.6. The van der Waals surface area contributed by atoms with Crippen LogP contribution in [0.3, 0.4) is 0 Å². The van der Waals surface area contributed by atoms with Crippen LogP contribution in [0.4, 0.5) is 0 Å². The molecule has 1 aromatic carbocycles. The Morgan fingerprint density at radius 1 is 1.25 bits per heavy atom. The second kappa shape index (κ2) is 7.47. The molecule has 3 aromatic rings. The number of furan rings is 2. The summed E-state index contributed by atoms with van der Waals surface area (Å²) in [7, 11) is -3.10. The van der Waals surface area contributed by atoms with E-state index in [0.29, 0.717) is 12.2 Å². The van der Waals surface area contributed by atoms with Crippen molar-refractivity contribution in [3.05, 3.63) is 59.7 Å². The quantitative estimate of drug-likeness (QED) is 0.633. The molecule has 1 atom stereocenters. The highest BCUT2D eigenvalue weighted by Gasteiger charge is 2.35. The number of nitrogens with zero attached hydrogens (tertiary/aromatic N) is 1. The van der Waals surface area contributed by atoms with Gasteiger partial charge in [-0.3, -0.25) is 4.79 Å². The fraction of sp³-hybridized carbons (Fsp3) is 0.381. The van der Waals surface area contributed by atoms with Gasteiger partial charge in [0.2, 0.25) is 5.91 Å². The average molecular weight is 401 g/mol. The fourth-order valence-electron chi connectivity index (χ4n) is 3.76. The van der Waals surface area contributed by atoms with E-state index in [4.69, 9.17) is 8.83 Å². The second-order valence-electron chi connectivity index (χ2n) is 7.28. The molecule has 1 fully saturated rings. The third-order valence-corrected chi connectivity index (χ3v) is 7.09. The summed E-state index contributed by atoms with van der Waals surface area (Å²) in [5.74, 6) is 0.644. The molecule has 28 heavy (non-hydrogen) atoms. The number of benzene rings is 1. The van der Waals surface area contributed by atoms with Gasteiger partial charge in [-0.1, -0.05) is 13.0 Å². The Balaban J connectivity index is 1.60. The zero-order valence-electron chi connectivity index (χ0n) is 15.8. The number of fused-ring (bicyclic) bond motifs is 1. The lowest BCUT2D eigenvalue weighted by Gasteiger charge is -2.27. The van der Waals surface area contributed by atoms with Crippen molar-refractivity contribution >= 4 is 26.7 Å². The molecular formula is C21H23NO5S. The van der Waals surface area contributed by atoms with E-state index < -0.39 is 9.84 Å². The van der Waals surface area contributed by atoms with Gasteiger partial charge < -0.3 is 13.7 Å². The van der Waals surface area contributed by atoms with Crippen molar-refractivity contribution in [2.24, 2.45) is 0 Å². The van der Waals surface area contributed by atoms with Crippen molar-refractivity contribution in [1.29, 1.82) is 0 Å². The standard InChI is InChI=1S/C21H23NO5S/c1-2-15-5-6-20-19(10-15)16(13-27-20)11-21(23)22(12-18-4-3-8-26-18)17-7-9-28(24,25)14-17/h3-6,8,10,13,17H,2,7,9,11-12,14H2,1H3. The molecule has 0 saturated carbocycles. The summed E-state index contributed by atoms with van der Waals surface area (Å²) < 4.78 is 34.9. The van der Waals surface area contributed by atoms with Gasteiger partial charge in [0.05, 0.1) is 37.0 Å². The number of rotatable bonds is 6. The van der Waals surface area contributed by atoms with Gasteiger partial charge in [0.15, 0.2) is 9.84 Å². The summed E-state index contributed by atoms with van der Waals surface area (Å²) in [5.41, 5.74) is 2.75. The van der Waals surface area contributed by atoms with Crippen molar-refractivity contribution in [3.63, 3.8) is 0 Å². The first-order valence-corrected chi connectivity index (χ1v) is 11.3. The summed E-state index contributed by atoms with van der Waals surface area (Å²) in [6.45, 7) is 2.35. The molecule has 0 spiro atoms. The topological polar surface area (TPSA) is 80.7 Å². The van der Waals surface area contributed by atoms with Gasteiger partial charge in [0.1, 0.15) is 11.3 Å². The lowest BCUT2D eigenvalue weighted by atomic mass is 10.0. The van der Waals surface area contributed by atoms with E-state index >= 15 is 0 Å². The Kier molecular flexibility index (Phi) is 5.02. The number of sulfone groups is 1. The number of carbonyl (C=O) groups excluding carboxylic acids is 1. The summed E-state index contributed by atoms with van der Waals surface area (Å²) in [4.78, 5) is 14.8. The SMILES string of the molecule is CCc1ccc2occ(CC(=O)N(Cc3ccco3)C3CCS(=O)(=O)C3)c2c1. The molecule has 7 heteroatoms. The monoisotopic (exact) mass is 401 g/mol. The summed E-state index contributed by atoms with van der Waals surface area (Å²) >= 11 is 0. The minimum atomic E-state index is -3.10. The molecule has 1 aliphatic rings. The van der Waals surface area contributed by atoms with Gasteiger partial charge in [-0.05, 0) is 42.7 Å². The number of carbonyl (C=O) groups is 1. The average Bonchev–Trinajstić information content (AvgIpc) is 3.40. The van der Waals surface area contributed by atoms with E-state index in [1.54, 1.807) is 29.6 Å². The van der Waals surface area contributed by atoms with Gasteiger partial charge >= 0.3 is 0 Å². The van der Waals surface area contributed by atoms with Crippen molar-refractivity contribution in [2.75, 3.05) is 11.5 Å². The van der Waals surface area contributed by atoms with Crippen molar-refractivity contribution in [2.45, 2.75) is 38.8 Å². The molecule has 6 nitrogen and oxygen atoms in total. The number of hydrogen-bond donors (Lipinski definition) is 0. The molecular weight excluding hydrogens is 378 g/mol. The van der Waals surface area contributed by atoms with Crippen LogP contribution in [-0.4, -0.2) is 36.8 Å². The smallest absolute Gasteiger partial charge is 0.227 e. The van der Waals surface area contributed by atoms with Gasteiger partial charge in [-0.25, -0.2) is 8.42 Å². The molecule has 1 amide bonds. The van der Waals surface area contributed by atoms with Crippen molar-refractivity contribution < 1.29 is 22.0 Å². The molecule has 148 valence electrons. The molecule has 0 N–H and O–H groups in total. The fourth-order valence-corrected chi connectivity index (χ4v) is 5.49. The molecule has 1 aliphatic heterocycles. The Bertz CT molecular complexity index is 1080.